The van der Waals surface area contributed by atoms with Crippen LogP contribution in [0.2, 0.25) is 0 Å². The van der Waals surface area contributed by atoms with Crippen LogP contribution in [0.25, 0.3) is 11.2 Å². The first kappa shape index (κ1) is 29.6. The van der Waals surface area contributed by atoms with Crippen LogP contribution in [-0.2, 0) is 34.9 Å². The summed E-state index contributed by atoms with van der Waals surface area (Å²) in [5, 5.41) is 5.84. The van der Waals surface area contributed by atoms with Gasteiger partial charge in [0.2, 0.25) is 5.95 Å². The number of ether oxygens (including phenoxy) is 3. The van der Waals surface area contributed by atoms with E-state index >= 15 is 0 Å². The fourth-order valence-electron chi connectivity index (χ4n) is 3.98. The Morgan fingerprint density at radius 3 is 2.60 bits per heavy atom. The van der Waals surface area contributed by atoms with Gasteiger partial charge >= 0.3 is 11.9 Å². The lowest BCUT2D eigenvalue weighted by molar-refractivity contribution is -0.154. The predicted octanol–water partition coefficient (Wildman–Crippen LogP) is 2.80. The van der Waals surface area contributed by atoms with Crippen LogP contribution in [0.4, 0.5) is 11.8 Å². The highest BCUT2D eigenvalue weighted by molar-refractivity contribution is 7.60. The normalized spacial score (nSPS) is 18.3. The van der Waals surface area contributed by atoms with Crippen LogP contribution in [0.15, 0.2) is 23.7 Å². The Labute approximate surface area is 232 Å². The maximum Gasteiger partial charge on any atom is 0.352 e. The van der Waals surface area contributed by atoms with E-state index in [1.807, 2.05) is 0 Å². The molecule has 4 rings (SSSR count). The first-order valence-corrected chi connectivity index (χ1v) is 15.3. The molecule has 2 unspecified atom stereocenters. The summed E-state index contributed by atoms with van der Waals surface area (Å²) in [7, 11) is -3.77. The number of carbonyl (C=O) groups excluding carboxylic acids is 2. The van der Waals surface area contributed by atoms with Gasteiger partial charge in [-0.3, -0.25) is 9.36 Å². The van der Waals surface area contributed by atoms with Gasteiger partial charge in [0.15, 0.2) is 17.0 Å². The molecule has 2 aliphatic carbocycles. The SMILES string of the molecule is C=CCNc1nc(N)nc2c1ncn2CCOCP(=O)(/N=C(\C)C(=O)OC1CCC1)NC(C)C(=O)OC1CCC1. The van der Waals surface area contributed by atoms with Gasteiger partial charge in [-0.1, -0.05) is 6.08 Å². The van der Waals surface area contributed by atoms with E-state index in [1.54, 1.807) is 23.9 Å². The van der Waals surface area contributed by atoms with E-state index in [1.165, 1.54) is 6.92 Å². The van der Waals surface area contributed by atoms with Crippen molar-refractivity contribution in [3.8, 4) is 0 Å². The molecule has 0 aliphatic heterocycles. The summed E-state index contributed by atoms with van der Waals surface area (Å²) in [6.45, 7) is 7.55. The van der Waals surface area contributed by atoms with Crippen molar-refractivity contribution in [1.29, 1.82) is 0 Å². The van der Waals surface area contributed by atoms with Crippen molar-refractivity contribution in [1.82, 2.24) is 24.6 Å². The summed E-state index contributed by atoms with van der Waals surface area (Å²) < 4.78 is 36.3. The number of nitrogens with zero attached hydrogens (tertiary/aromatic N) is 5. The highest BCUT2D eigenvalue weighted by Gasteiger charge is 2.32. The van der Waals surface area contributed by atoms with Crippen molar-refractivity contribution in [3.63, 3.8) is 0 Å². The second-order valence-corrected chi connectivity index (χ2v) is 12.1. The third kappa shape index (κ3) is 7.64. The van der Waals surface area contributed by atoms with Gasteiger partial charge in [0.25, 0.3) is 7.44 Å². The Kier molecular flexibility index (Phi) is 9.88. The number of nitrogens with one attached hydrogen (secondary N) is 2. The van der Waals surface area contributed by atoms with Gasteiger partial charge in [-0.25, -0.2) is 19.6 Å². The van der Waals surface area contributed by atoms with E-state index in [0.717, 1.165) is 38.5 Å². The van der Waals surface area contributed by atoms with Crippen LogP contribution in [0.5, 0.6) is 0 Å². The lowest BCUT2D eigenvalue weighted by Gasteiger charge is -2.28. The summed E-state index contributed by atoms with van der Waals surface area (Å²) in [5.74, 6) is -0.605. The van der Waals surface area contributed by atoms with Crippen molar-refractivity contribution in [2.24, 2.45) is 4.76 Å². The molecule has 2 atom stereocenters. The summed E-state index contributed by atoms with van der Waals surface area (Å²) in [6, 6.07) is -0.923. The highest BCUT2D eigenvalue weighted by Crippen LogP contribution is 2.44. The average Bonchev–Trinajstić information content (AvgIpc) is 3.26. The number of aromatic nitrogens is 4. The third-order valence-electron chi connectivity index (χ3n) is 6.65. The standard InChI is InChI=1S/C25H37N8O6P/c1-4-11-27-21-20-22(30-25(26)29-21)33(14-28-20)12-13-37-15-40(36,31-16(2)23(34)38-18-7-5-8-18)32-17(3)24(35)39-19-9-6-10-19/h4,14,16,18-19H,1,5-13,15H2,2-3H3,(H,31,36)(H3,26,27,29,30)/b32-17+. The first-order valence-electron chi connectivity index (χ1n) is 13.4. The second-order valence-electron chi connectivity index (χ2n) is 9.93. The Morgan fingerprint density at radius 2 is 1.95 bits per heavy atom. The minimum Gasteiger partial charge on any atom is -0.461 e. The fourth-order valence-corrected chi connectivity index (χ4v) is 5.83. The number of hydrogen-bond acceptors (Lipinski definition) is 11. The van der Waals surface area contributed by atoms with Gasteiger partial charge in [0.05, 0.1) is 12.9 Å². The molecule has 2 heterocycles. The maximum absolute atomic E-state index is 13.8. The van der Waals surface area contributed by atoms with Crippen LogP contribution < -0.4 is 16.1 Å². The maximum atomic E-state index is 13.8. The predicted molar refractivity (Wildman–Crippen MR) is 150 cm³/mol. The number of imidazole rings is 1. The molecule has 2 fully saturated rings. The zero-order chi connectivity index (χ0) is 28.7. The molecule has 2 aromatic heterocycles. The molecule has 0 radical (unpaired) electrons. The number of nitrogen functional groups attached to an aromatic ring is 1. The van der Waals surface area contributed by atoms with E-state index in [4.69, 9.17) is 19.9 Å². The molecule has 0 saturated heterocycles. The molecule has 15 heteroatoms. The molecule has 0 spiro atoms. The van der Waals surface area contributed by atoms with Gasteiger partial charge in [0, 0.05) is 13.1 Å². The number of esters is 2. The van der Waals surface area contributed by atoms with Crippen LogP contribution in [0, 0.1) is 0 Å². The molecule has 2 saturated carbocycles. The first-order chi connectivity index (χ1) is 19.2. The van der Waals surface area contributed by atoms with Crippen molar-refractivity contribution in [3.05, 3.63) is 19.0 Å². The van der Waals surface area contributed by atoms with Crippen molar-refractivity contribution in [2.75, 3.05) is 30.6 Å². The Hall–Kier alpha value is -3.35. The summed E-state index contributed by atoms with van der Waals surface area (Å²) in [5.41, 5.74) is 6.85. The zero-order valence-corrected chi connectivity index (χ0v) is 23.8. The van der Waals surface area contributed by atoms with Crippen LogP contribution in [-0.4, -0.2) is 74.9 Å². The molecule has 40 heavy (non-hydrogen) atoms. The molecule has 0 amide bonds. The number of carbonyl (C=O) groups is 2. The Balaban J connectivity index is 1.41. The third-order valence-corrected chi connectivity index (χ3v) is 8.60. The minimum atomic E-state index is -3.77. The summed E-state index contributed by atoms with van der Waals surface area (Å²) in [6.07, 6.45) is 7.87. The van der Waals surface area contributed by atoms with Gasteiger partial charge in [-0.05, 0) is 52.4 Å². The van der Waals surface area contributed by atoms with Crippen LogP contribution in [0.1, 0.15) is 52.4 Å². The van der Waals surface area contributed by atoms with E-state index < -0.39 is 25.4 Å². The summed E-state index contributed by atoms with van der Waals surface area (Å²) >= 11 is 0. The van der Waals surface area contributed by atoms with Crippen LogP contribution in [0.3, 0.4) is 0 Å². The van der Waals surface area contributed by atoms with E-state index in [9.17, 15) is 14.2 Å². The van der Waals surface area contributed by atoms with Crippen LogP contribution >= 0.6 is 7.44 Å². The van der Waals surface area contributed by atoms with Crippen molar-refractivity contribution >= 4 is 48.0 Å². The fraction of sp³-hybridized carbons (Fsp3) is 0.600. The van der Waals surface area contributed by atoms with E-state index in [0.29, 0.717) is 30.1 Å². The van der Waals surface area contributed by atoms with Crippen molar-refractivity contribution < 1.29 is 28.4 Å². The number of anilines is 2. The highest BCUT2D eigenvalue weighted by atomic mass is 31.2. The van der Waals surface area contributed by atoms with Gasteiger partial charge in [-0.15, -0.1) is 6.58 Å². The zero-order valence-electron chi connectivity index (χ0n) is 22.9. The minimum absolute atomic E-state index is 0.0572. The largest absolute Gasteiger partial charge is 0.461 e. The number of fused-ring (bicyclic) bond motifs is 1. The molecule has 2 aliphatic rings. The molecule has 218 valence electrons. The molecule has 4 N–H and O–H groups in total. The monoisotopic (exact) mass is 576 g/mol. The van der Waals surface area contributed by atoms with Gasteiger partial charge in [-0.2, -0.15) is 9.97 Å². The van der Waals surface area contributed by atoms with Gasteiger partial charge in [0.1, 0.15) is 30.3 Å². The lowest BCUT2D eigenvalue weighted by Crippen LogP contribution is -2.38. The second kappa shape index (κ2) is 13.3. The average molecular weight is 577 g/mol. The Bertz CT molecular complexity index is 1310. The molecular formula is C25H37N8O6P. The number of rotatable bonds is 15. The molecular weight excluding hydrogens is 539 g/mol. The molecule has 0 aromatic carbocycles. The number of nitrogens with two attached hydrogens (primary N) is 1. The van der Waals surface area contributed by atoms with Gasteiger partial charge < -0.3 is 29.8 Å². The quantitative estimate of drug-likeness (QED) is 0.0927. The summed E-state index contributed by atoms with van der Waals surface area (Å²) in [4.78, 5) is 37.8. The smallest absolute Gasteiger partial charge is 0.352 e. The molecule has 2 aromatic rings. The number of hydrogen-bond donors (Lipinski definition) is 3. The van der Waals surface area contributed by atoms with E-state index in [2.05, 4.69) is 36.7 Å². The Morgan fingerprint density at radius 1 is 1.25 bits per heavy atom. The van der Waals surface area contributed by atoms with Crippen molar-refractivity contribution in [2.45, 2.75) is 77.2 Å². The molecule has 14 nitrogen and oxygen atoms in total. The molecule has 0 bridgehead atoms. The lowest BCUT2D eigenvalue weighted by atomic mass is 9.96. The topological polar surface area (TPSA) is 185 Å². The van der Waals surface area contributed by atoms with E-state index in [-0.39, 0.29) is 36.8 Å².